The van der Waals surface area contributed by atoms with Crippen LogP contribution in [0.15, 0.2) is 40.9 Å². The van der Waals surface area contributed by atoms with Crippen LogP contribution in [-0.4, -0.2) is 35.6 Å². The number of esters is 1. The van der Waals surface area contributed by atoms with Gasteiger partial charge in [0.1, 0.15) is 5.82 Å². The molecule has 1 atom stereocenters. The van der Waals surface area contributed by atoms with Gasteiger partial charge in [-0.15, -0.1) is 0 Å². The van der Waals surface area contributed by atoms with Crippen LogP contribution in [0.3, 0.4) is 0 Å². The summed E-state index contributed by atoms with van der Waals surface area (Å²) in [6.07, 6.45) is 1.80. The molecule has 2 heterocycles. The molecule has 140 valence electrons. The number of carbonyl (C=O) groups excluding carboxylic acids is 1. The fourth-order valence-electron chi connectivity index (χ4n) is 3.23. The van der Waals surface area contributed by atoms with Gasteiger partial charge in [0.05, 0.1) is 36.5 Å². The molecule has 0 saturated carbocycles. The van der Waals surface area contributed by atoms with Crippen molar-refractivity contribution in [3.8, 4) is 0 Å². The molecule has 7 heteroatoms. The molecule has 0 bridgehead atoms. The van der Waals surface area contributed by atoms with E-state index in [1.54, 1.807) is 22.9 Å². The summed E-state index contributed by atoms with van der Waals surface area (Å²) in [5.74, 6) is -0.683. The highest BCUT2D eigenvalue weighted by Crippen LogP contribution is 2.26. The average Bonchev–Trinajstić information content (AvgIpc) is 2.96. The fourth-order valence-corrected chi connectivity index (χ4v) is 3.57. The quantitative estimate of drug-likeness (QED) is 0.569. The Morgan fingerprint density at radius 3 is 2.85 bits per heavy atom. The number of benzene rings is 2. The molecule has 0 aliphatic carbocycles. The zero-order chi connectivity index (χ0) is 19.0. The zero-order valence-corrected chi connectivity index (χ0v) is 16.3. The van der Waals surface area contributed by atoms with Gasteiger partial charge >= 0.3 is 5.97 Å². The molecule has 1 aliphatic heterocycles. The molecule has 0 spiro atoms. The first-order valence-corrected chi connectivity index (χ1v) is 9.47. The minimum atomic E-state index is -0.394. The predicted molar refractivity (Wildman–Crippen MR) is 102 cm³/mol. The van der Waals surface area contributed by atoms with Crippen LogP contribution in [-0.2, 0) is 22.4 Å². The molecule has 0 N–H and O–H groups in total. The second-order valence-corrected chi connectivity index (χ2v) is 7.46. The number of nitrogens with zero attached hydrogens (tertiary/aromatic N) is 2. The second kappa shape index (κ2) is 7.40. The third-order valence-corrected chi connectivity index (χ3v) is 5.29. The summed E-state index contributed by atoms with van der Waals surface area (Å²) in [6.45, 7) is 1.07. The lowest BCUT2D eigenvalue weighted by molar-refractivity contribution is -0.0495. The lowest BCUT2D eigenvalue weighted by Gasteiger charge is -2.25. The molecule has 0 amide bonds. The normalized spacial score (nSPS) is 16.3. The van der Waals surface area contributed by atoms with Crippen LogP contribution in [0.5, 0.6) is 0 Å². The molecule has 1 unspecified atom stereocenters. The van der Waals surface area contributed by atoms with Gasteiger partial charge in [0.25, 0.3) is 0 Å². The van der Waals surface area contributed by atoms with Crippen LogP contribution in [0, 0.1) is 5.82 Å². The Balaban J connectivity index is 1.76. The van der Waals surface area contributed by atoms with E-state index < -0.39 is 5.97 Å². The van der Waals surface area contributed by atoms with E-state index in [1.807, 2.05) is 12.1 Å². The first kappa shape index (κ1) is 18.1. The van der Waals surface area contributed by atoms with E-state index in [4.69, 9.17) is 14.6 Å². The Hall–Kier alpha value is -2.25. The standard InChI is InChI=1S/C20H18BrFN2O3/c1-26-20(25)12-3-5-19-16(8-12)18(10-15-6-7-27-15)23-24(19)11-13-2-4-14(21)9-17(13)22/h2-5,8-9,15H,6-7,10-11H2,1H3. The summed E-state index contributed by atoms with van der Waals surface area (Å²) in [7, 11) is 1.36. The van der Waals surface area contributed by atoms with Crippen molar-refractivity contribution in [3.63, 3.8) is 0 Å². The zero-order valence-electron chi connectivity index (χ0n) is 14.7. The fraction of sp³-hybridized carbons (Fsp3) is 0.300. The molecule has 1 saturated heterocycles. The van der Waals surface area contributed by atoms with Gasteiger partial charge in [-0.3, -0.25) is 4.68 Å². The Labute approximate surface area is 164 Å². The van der Waals surface area contributed by atoms with Crippen LogP contribution in [0.2, 0.25) is 0 Å². The van der Waals surface area contributed by atoms with Gasteiger partial charge in [-0.25, -0.2) is 9.18 Å². The van der Waals surface area contributed by atoms with Gasteiger partial charge in [0.2, 0.25) is 0 Å². The van der Waals surface area contributed by atoms with Gasteiger partial charge < -0.3 is 9.47 Å². The minimum absolute atomic E-state index is 0.141. The molecule has 27 heavy (non-hydrogen) atoms. The third-order valence-electron chi connectivity index (χ3n) is 4.80. The number of rotatable bonds is 5. The summed E-state index contributed by atoms with van der Waals surface area (Å²) >= 11 is 3.28. The molecular formula is C20H18BrFN2O3. The van der Waals surface area contributed by atoms with Crippen molar-refractivity contribution in [1.82, 2.24) is 9.78 Å². The van der Waals surface area contributed by atoms with E-state index in [9.17, 15) is 9.18 Å². The number of aromatic nitrogens is 2. The third kappa shape index (κ3) is 3.61. The molecule has 4 rings (SSSR count). The molecular weight excluding hydrogens is 415 g/mol. The summed E-state index contributed by atoms with van der Waals surface area (Å²) in [5, 5.41) is 5.57. The molecule has 1 fully saturated rings. The molecule has 5 nitrogen and oxygen atoms in total. The van der Waals surface area contributed by atoms with Crippen molar-refractivity contribution in [3.05, 3.63) is 63.5 Å². The number of carbonyl (C=O) groups is 1. The van der Waals surface area contributed by atoms with Gasteiger partial charge in [-0.1, -0.05) is 22.0 Å². The van der Waals surface area contributed by atoms with Crippen LogP contribution >= 0.6 is 15.9 Å². The van der Waals surface area contributed by atoms with E-state index in [-0.39, 0.29) is 11.9 Å². The van der Waals surface area contributed by atoms with E-state index in [0.717, 1.165) is 29.6 Å². The largest absolute Gasteiger partial charge is 0.465 e. The topological polar surface area (TPSA) is 53.4 Å². The molecule has 1 aromatic heterocycles. The van der Waals surface area contributed by atoms with E-state index >= 15 is 0 Å². The first-order chi connectivity index (χ1) is 13.0. The Morgan fingerprint density at radius 1 is 1.37 bits per heavy atom. The lowest BCUT2D eigenvalue weighted by atomic mass is 10.0. The van der Waals surface area contributed by atoms with Crippen LogP contribution in [0.25, 0.3) is 10.9 Å². The summed E-state index contributed by atoms with van der Waals surface area (Å²) in [6, 6.07) is 10.3. The maximum absolute atomic E-state index is 14.3. The summed E-state index contributed by atoms with van der Waals surface area (Å²) < 4.78 is 27.1. The van der Waals surface area contributed by atoms with E-state index in [1.165, 1.54) is 13.2 Å². The van der Waals surface area contributed by atoms with Gasteiger partial charge in [-0.05, 0) is 36.8 Å². The maximum atomic E-state index is 14.3. The van der Waals surface area contributed by atoms with Crippen molar-refractivity contribution in [2.45, 2.75) is 25.5 Å². The number of methoxy groups -OCH3 is 1. The highest BCUT2D eigenvalue weighted by Gasteiger charge is 2.23. The van der Waals surface area contributed by atoms with Gasteiger partial charge in [0, 0.05) is 28.5 Å². The van der Waals surface area contributed by atoms with Crippen molar-refractivity contribution in [1.29, 1.82) is 0 Å². The van der Waals surface area contributed by atoms with E-state index in [2.05, 4.69) is 15.9 Å². The monoisotopic (exact) mass is 432 g/mol. The van der Waals surface area contributed by atoms with Crippen LogP contribution in [0.4, 0.5) is 4.39 Å². The van der Waals surface area contributed by atoms with Crippen LogP contribution in [0.1, 0.15) is 28.0 Å². The van der Waals surface area contributed by atoms with Gasteiger partial charge in [-0.2, -0.15) is 5.10 Å². The summed E-state index contributed by atoms with van der Waals surface area (Å²) in [4.78, 5) is 11.9. The second-order valence-electron chi connectivity index (χ2n) is 6.55. The van der Waals surface area contributed by atoms with Crippen molar-refractivity contribution >= 4 is 32.8 Å². The molecule has 2 aromatic carbocycles. The minimum Gasteiger partial charge on any atom is -0.465 e. The number of hydrogen-bond acceptors (Lipinski definition) is 4. The Morgan fingerprint density at radius 2 is 2.19 bits per heavy atom. The molecule has 0 radical (unpaired) electrons. The Kier molecular flexibility index (Phi) is 4.97. The van der Waals surface area contributed by atoms with Crippen molar-refractivity contribution in [2.24, 2.45) is 0 Å². The SMILES string of the molecule is COC(=O)c1ccc2c(c1)c(CC1CCO1)nn2Cc1ccc(Br)cc1F. The molecule has 3 aromatic rings. The number of fused-ring (bicyclic) bond motifs is 1. The van der Waals surface area contributed by atoms with E-state index in [0.29, 0.717) is 28.6 Å². The Bertz CT molecular complexity index is 1010. The van der Waals surface area contributed by atoms with Crippen molar-refractivity contribution < 1.29 is 18.7 Å². The van der Waals surface area contributed by atoms with Crippen LogP contribution < -0.4 is 0 Å². The van der Waals surface area contributed by atoms with Gasteiger partial charge in [0.15, 0.2) is 0 Å². The first-order valence-electron chi connectivity index (χ1n) is 8.68. The number of hydrogen-bond donors (Lipinski definition) is 0. The smallest absolute Gasteiger partial charge is 0.337 e. The predicted octanol–water partition coefficient (Wildman–Crippen LogP) is 4.10. The van der Waals surface area contributed by atoms with Crippen molar-refractivity contribution in [2.75, 3.05) is 13.7 Å². The summed E-state index contributed by atoms with van der Waals surface area (Å²) in [5.41, 5.74) is 2.71. The highest BCUT2D eigenvalue weighted by atomic mass is 79.9. The number of halogens is 2. The number of ether oxygens (including phenoxy) is 2. The molecule has 1 aliphatic rings. The average molecular weight is 433 g/mol. The highest BCUT2D eigenvalue weighted by molar-refractivity contribution is 9.10. The maximum Gasteiger partial charge on any atom is 0.337 e. The lowest BCUT2D eigenvalue weighted by Crippen LogP contribution is -2.29.